The molecule has 0 aromatic heterocycles. The highest BCUT2D eigenvalue weighted by Crippen LogP contribution is 2.31. The lowest BCUT2D eigenvalue weighted by Gasteiger charge is -2.09. The second kappa shape index (κ2) is 6.81. The van der Waals surface area contributed by atoms with Crippen LogP contribution in [-0.2, 0) is 6.42 Å². The van der Waals surface area contributed by atoms with E-state index in [9.17, 15) is 8.78 Å². The number of hydrogen-bond donors (Lipinski definition) is 0. The number of fused-ring (bicyclic) bond motifs is 3. The summed E-state index contributed by atoms with van der Waals surface area (Å²) in [6, 6.07) is 20.4. The minimum absolute atomic E-state index is 0.421. The molecule has 3 heteroatoms. The van der Waals surface area contributed by atoms with E-state index < -0.39 is 17.2 Å². The SMILES string of the molecule is CCCc1ccc2c(ccc3cc(-c4cc(F)c(C#N)c(F)c4)ccc32)c1. The average Bonchev–Trinajstić information content (AvgIpc) is 2.67. The second-order valence-corrected chi connectivity index (χ2v) is 6.73. The smallest absolute Gasteiger partial charge is 0.144 e. The largest absolute Gasteiger partial charge is 0.205 e. The molecule has 0 heterocycles. The lowest BCUT2D eigenvalue weighted by Crippen LogP contribution is -1.92. The van der Waals surface area contributed by atoms with E-state index in [1.807, 2.05) is 24.3 Å². The molecule has 0 saturated carbocycles. The summed E-state index contributed by atoms with van der Waals surface area (Å²) in [6.07, 6.45) is 2.17. The Kier molecular flexibility index (Phi) is 4.33. The van der Waals surface area contributed by atoms with Crippen LogP contribution in [0.5, 0.6) is 0 Å². The van der Waals surface area contributed by atoms with E-state index in [4.69, 9.17) is 5.26 Å². The maximum Gasteiger partial charge on any atom is 0.144 e. The first-order valence-corrected chi connectivity index (χ1v) is 8.95. The zero-order valence-electron chi connectivity index (χ0n) is 14.9. The zero-order chi connectivity index (χ0) is 19.0. The van der Waals surface area contributed by atoms with E-state index in [-0.39, 0.29) is 0 Å². The number of nitrogens with zero attached hydrogens (tertiary/aromatic N) is 1. The second-order valence-electron chi connectivity index (χ2n) is 6.73. The van der Waals surface area contributed by atoms with Gasteiger partial charge < -0.3 is 0 Å². The van der Waals surface area contributed by atoms with Gasteiger partial charge in [0.1, 0.15) is 23.3 Å². The Hall–Kier alpha value is -3.25. The van der Waals surface area contributed by atoms with Gasteiger partial charge in [-0.25, -0.2) is 8.78 Å². The van der Waals surface area contributed by atoms with Crippen molar-refractivity contribution >= 4 is 21.5 Å². The molecule has 0 saturated heterocycles. The number of hydrogen-bond acceptors (Lipinski definition) is 1. The van der Waals surface area contributed by atoms with Gasteiger partial charge in [-0.15, -0.1) is 0 Å². The first-order chi connectivity index (χ1) is 13.1. The molecule has 4 aromatic carbocycles. The van der Waals surface area contributed by atoms with Gasteiger partial charge in [-0.05, 0) is 62.9 Å². The van der Waals surface area contributed by atoms with Gasteiger partial charge >= 0.3 is 0 Å². The molecule has 132 valence electrons. The molecule has 0 atom stereocenters. The molecule has 0 aliphatic carbocycles. The first kappa shape index (κ1) is 17.2. The maximum absolute atomic E-state index is 14.0. The standard InChI is InChI=1S/C24H17F2N/c1-2-3-15-4-8-20-17(10-15)5-6-18-11-16(7-9-21(18)20)19-12-23(25)22(14-27)24(26)13-19/h4-13H,2-3H2,1H3. The molecular formula is C24H17F2N. The molecule has 0 amide bonds. The van der Waals surface area contributed by atoms with Crippen LogP contribution in [0.25, 0.3) is 32.7 Å². The van der Waals surface area contributed by atoms with Crippen LogP contribution >= 0.6 is 0 Å². The van der Waals surface area contributed by atoms with Crippen molar-refractivity contribution in [1.82, 2.24) is 0 Å². The third-order valence-corrected chi connectivity index (χ3v) is 4.93. The summed E-state index contributed by atoms with van der Waals surface area (Å²) in [6.45, 7) is 2.17. The summed E-state index contributed by atoms with van der Waals surface area (Å²) in [7, 11) is 0. The highest BCUT2D eigenvalue weighted by molar-refractivity contribution is 6.08. The van der Waals surface area contributed by atoms with Gasteiger partial charge in [0.2, 0.25) is 0 Å². The Labute approximate surface area is 156 Å². The molecule has 0 unspecified atom stereocenters. The zero-order valence-corrected chi connectivity index (χ0v) is 14.9. The molecule has 0 fully saturated rings. The van der Waals surface area contributed by atoms with Crippen molar-refractivity contribution in [2.45, 2.75) is 19.8 Å². The number of aryl methyl sites for hydroxylation is 1. The fraction of sp³-hybridized carbons (Fsp3) is 0.125. The third kappa shape index (κ3) is 3.04. The van der Waals surface area contributed by atoms with Crippen LogP contribution < -0.4 is 0 Å². The van der Waals surface area contributed by atoms with Crippen LogP contribution in [0.3, 0.4) is 0 Å². The van der Waals surface area contributed by atoms with Crippen LogP contribution in [0.15, 0.2) is 60.7 Å². The molecule has 27 heavy (non-hydrogen) atoms. The first-order valence-electron chi connectivity index (χ1n) is 8.95. The van der Waals surface area contributed by atoms with E-state index >= 15 is 0 Å². The minimum Gasteiger partial charge on any atom is -0.205 e. The van der Waals surface area contributed by atoms with Gasteiger partial charge in [-0.2, -0.15) is 5.26 Å². The Morgan fingerprint density at radius 1 is 0.778 bits per heavy atom. The van der Waals surface area contributed by atoms with E-state index in [0.29, 0.717) is 11.1 Å². The maximum atomic E-state index is 14.0. The summed E-state index contributed by atoms with van der Waals surface area (Å²) < 4.78 is 27.9. The Morgan fingerprint density at radius 3 is 2.04 bits per heavy atom. The molecule has 4 aromatic rings. The molecule has 1 nitrogen and oxygen atoms in total. The monoisotopic (exact) mass is 357 g/mol. The van der Waals surface area contributed by atoms with E-state index in [2.05, 4.69) is 31.2 Å². The molecule has 0 aliphatic rings. The van der Waals surface area contributed by atoms with Crippen molar-refractivity contribution in [3.05, 3.63) is 83.4 Å². The number of halogens is 2. The molecular weight excluding hydrogens is 340 g/mol. The van der Waals surface area contributed by atoms with Crippen molar-refractivity contribution < 1.29 is 8.78 Å². The summed E-state index contributed by atoms with van der Waals surface area (Å²) in [4.78, 5) is 0. The highest BCUT2D eigenvalue weighted by Gasteiger charge is 2.12. The number of nitriles is 1. The third-order valence-electron chi connectivity index (χ3n) is 4.93. The molecule has 0 spiro atoms. The van der Waals surface area contributed by atoms with Gasteiger partial charge in [0.15, 0.2) is 0 Å². The number of benzene rings is 4. The summed E-state index contributed by atoms with van der Waals surface area (Å²) in [5.41, 5.74) is 1.91. The topological polar surface area (TPSA) is 23.8 Å². The fourth-order valence-electron chi connectivity index (χ4n) is 3.59. The van der Waals surface area contributed by atoms with Crippen molar-refractivity contribution in [2.24, 2.45) is 0 Å². The van der Waals surface area contributed by atoms with Crippen LogP contribution in [0, 0.1) is 23.0 Å². The summed E-state index contributed by atoms with van der Waals surface area (Å²) in [5.74, 6) is -1.68. The normalized spacial score (nSPS) is 11.0. The van der Waals surface area contributed by atoms with Crippen LogP contribution in [0.4, 0.5) is 8.78 Å². The summed E-state index contributed by atoms with van der Waals surface area (Å²) in [5, 5.41) is 13.3. The van der Waals surface area contributed by atoms with Crippen LogP contribution in [-0.4, -0.2) is 0 Å². The quantitative estimate of drug-likeness (QED) is 0.372. The molecule has 0 bridgehead atoms. The van der Waals surface area contributed by atoms with Gasteiger partial charge in [-0.3, -0.25) is 0 Å². The van der Waals surface area contributed by atoms with Crippen molar-refractivity contribution in [1.29, 1.82) is 5.26 Å². The van der Waals surface area contributed by atoms with Crippen molar-refractivity contribution in [3.63, 3.8) is 0 Å². The molecule has 0 N–H and O–H groups in total. The fourth-order valence-corrected chi connectivity index (χ4v) is 3.59. The van der Waals surface area contributed by atoms with Gasteiger partial charge in [0, 0.05) is 0 Å². The van der Waals surface area contributed by atoms with Crippen molar-refractivity contribution in [3.8, 4) is 17.2 Å². The van der Waals surface area contributed by atoms with Gasteiger partial charge in [0.25, 0.3) is 0 Å². The van der Waals surface area contributed by atoms with Crippen molar-refractivity contribution in [2.75, 3.05) is 0 Å². The predicted molar refractivity (Wildman–Crippen MR) is 106 cm³/mol. The van der Waals surface area contributed by atoms with Gasteiger partial charge in [0.05, 0.1) is 0 Å². The number of rotatable bonds is 3. The Morgan fingerprint density at radius 2 is 1.41 bits per heavy atom. The minimum atomic E-state index is -0.838. The molecule has 4 rings (SSSR count). The molecule has 0 radical (unpaired) electrons. The molecule has 0 aliphatic heterocycles. The van der Waals surface area contributed by atoms with E-state index in [0.717, 1.165) is 29.0 Å². The lowest BCUT2D eigenvalue weighted by molar-refractivity contribution is 0.577. The van der Waals surface area contributed by atoms with E-state index in [1.54, 1.807) is 6.07 Å². The predicted octanol–water partition coefficient (Wildman–Crippen LogP) is 6.76. The summed E-state index contributed by atoms with van der Waals surface area (Å²) >= 11 is 0. The highest BCUT2D eigenvalue weighted by atomic mass is 19.1. The average molecular weight is 357 g/mol. The Bertz CT molecular complexity index is 1200. The lowest BCUT2D eigenvalue weighted by atomic mass is 9.95. The van der Waals surface area contributed by atoms with Crippen LogP contribution in [0.2, 0.25) is 0 Å². The van der Waals surface area contributed by atoms with Gasteiger partial charge in [-0.1, -0.05) is 55.8 Å². The van der Waals surface area contributed by atoms with Crippen LogP contribution in [0.1, 0.15) is 24.5 Å². The van der Waals surface area contributed by atoms with E-state index in [1.165, 1.54) is 23.1 Å². The Balaban J connectivity index is 1.85.